The van der Waals surface area contributed by atoms with Gasteiger partial charge in [-0.05, 0) is 12.8 Å². The van der Waals surface area contributed by atoms with Crippen molar-refractivity contribution < 1.29 is 9.53 Å². The van der Waals surface area contributed by atoms with Crippen molar-refractivity contribution in [2.75, 3.05) is 6.61 Å². The van der Waals surface area contributed by atoms with Gasteiger partial charge in [0.05, 0.1) is 30.9 Å². The fraction of sp³-hybridized carbons (Fsp3) is 0.667. The Bertz CT molecular complexity index is 362. The van der Waals surface area contributed by atoms with Gasteiger partial charge in [-0.1, -0.05) is 20.3 Å². The largest absolute Gasteiger partial charge is 0.450 e. The van der Waals surface area contributed by atoms with Gasteiger partial charge in [-0.3, -0.25) is 0 Å². The molecule has 0 fully saturated rings. The minimum atomic E-state index is -0.376. The third-order valence-electron chi connectivity index (χ3n) is 2.93. The van der Waals surface area contributed by atoms with Crippen LogP contribution >= 0.6 is 0 Å². The fourth-order valence-corrected chi connectivity index (χ4v) is 1.71. The molecule has 1 aromatic rings. The van der Waals surface area contributed by atoms with Crippen molar-refractivity contribution in [1.82, 2.24) is 14.9 Å². The molecule has 5 heteroatoms. The van der Waals surface area contributed by atoms with Gasteiger partial charge in [-0.2, -0.15) is 0 Å². The van der Waals surface area contributed by atoms with Crippen LogP contribution in [0.5, 0.6) is 0 Å². The minimum absolute atomic E-state index is 0.0634. The second kappa shape index (κ2) is 6.27. The summed E-state index contributed by atoms with van der Waals surface area (Å²) in [6, 6.07) is -0.0634. The zero-order valence-corrected chi connectivity index (χ0v) is 10.9. The van der Waals surface area contributed by atoms with Crippen LogP contribution in [0.2, 0.25) is 0 Å². The summed E-state index contributed by atoms with van der Waals surface area (Å²) in [4.78, 5) is 15.6. The molecule has 0 bridgehead atoms. The predicted octanol–water partition coefficient (Wildman–Crippen LogP) is 2.25. The van der Waals surface area contributed by atoms with Gasteiger partial charge < -0.3 is 14.6 Å². The molecule has 17 heavy (non-hydrogen) atoms. The van der Waals surface area contributed by atoms with Gasteiger partial charge in [0, 0.05) is 7.05 Å². The first kappa shape index (κ1) is 13.5. The van der Waals surface area contributed by atoms with E-state index in [1.54, 1.807) is 19.4 Å². The van der Waals surface area contributed by atoms with Crippen LogP contribution in [0.1, 0.15) is 38.9 Å². The third kappa shape index (κ3) is 3.47. The number of ether oxygens (including phenoxy) is 1. The molecule has 1 heterocycles. The van der Waals surface area contributed by atoms with E-state index in [9.17, 15) is 4.79 Å². The molecule has 96 valence electrons. The third-order valence-corrected chi connectivity index (χ3v) is 2.93. The lowest BCUT2D eigenvalue weighted by Gasteiger charge is -2.24. The highest BCUT2D eigenvalue weighted by molar-refractivity contribution is 5.67. The molecular formula is C12H21N3O2. The summed E-state index contributed by atoms with van der Waals surface area (Å²) >= 11 is 0. The molecule has 0 saturated carbocycles. The molecule has 0 radical (unpaired) electrons. The Labute approximate surface area is 102 Å². The molecular weight excluding hydrogens is 218 g/mol. The quantitative estimate of drug-likeness (QED) is 0.857. The fourth-order valence-electron chi connectivity index (χ4n) is 1.71. The molecule has 0 aliphatic heterocycles. The number of aryl methyl sites for hydroxylation is 1. The van der Waals surface area contributed by atoms with Gasteiger partial charge in [0.1, 0.15) is 0 Å². The Morgan fingerprint density at radius 1 is 1.59 bits per heavy atom. The van der Waals surface area contributed by atoms with E-state index in [4.69, 9.17) is 4.74 Å². The first-order valence-electron chi connectivity index (χ1n) is 5.99. The van der Waals surface area contributed by atoms with Crippen LogP contribution < -0.4 is 5.32 Å². The smallest absolute Gasteiger partial charge is 0.407 e. The lowest BCUT2D eigenvalue weighted by Crippen LogP contribution is -2.34. The van der Waals surface area contributed by atoms with Gasteiger partial charge in [-0.15, -0.1) is 0 Å². The minimum Gasteiger partial charge on any atom is -0.450 e. The highest BCUT2D eigenvalue weighted by atomic mass is 16.5. The van der Waals surface area contributed by atoms with Crippen LogP contribution in [-0.4, -0.2) is 22.3 Å². The maximum atomic E-state index is 11.5. The summed E-state index contributed by atoms with van der Waals surface area (Å²) in [5.74, 6) is 0.329. The van der Waals surface area contributed by atoms with E-state index in [0.717, 1.165) is 12.1 Å². The molecule has 1 N–H and O–H groups in total. The molecule has 0 saturated heterocycles. The summed E-state index contributed by atoms with van der Waals surface area (Å²) < 4.78 is 6.84. The molecule has 0 aromatic carbocycles. The van der Waals surface area contributed by atoms with Crippen LogP contribution in [0, 0.1) is 5.92 Å². The lowest BCUT2D eigenvalue weighted by atomic mass is 9.97. The van der Waals surface area contributed by atoms with Crippen molar-refractivity contribution >= 4 is 6.09 Å². The highest BCUT2D eigenvalue weighted by Crippen LogP contribution is 2.23. The number of carbonyl (C=O) groups is 1. The number of hydrogen-bond donors (Lipinski definition) is 1. The van der Waals surface area contributed by atoms with Crippen molar-refractivity contribution in [3.05, 3.63) is 18.2 Å². The van der Waals surface area contributed by atoms with Crippen LogP contribution in [0.4, 0.5) is 4.79 Å². The summed E-state index contributed by atoms with van der Waals surface area (Å²) in [6.07, 6.45) is 4.11. The zero-order chi connectivity index (χ0) is 12.8. The van der Waals surface area contributed by atoms with E-state index >= 15 is 0 Å². The van der Waals surface area contributed by atoms with E-state index in [1.165, 1.54) is 0 Å². The zero-order valence-electron chi connectivity index (χ0n) is 10.9. The number of carbonyl (C=O) groups excluding carboxylic acids is 1. The standard InChI is InChI=1S/C12H21N3O2/c1-5-9(3)11(14-12(16)17-6-2)10-7-13-8-15(10)4/h7-9,11H,5-6H2,1-4H3,(H,14,16). The number of rotatable bonds is 5. The summed E-state index contributed by atoms with van der Waals surface area (Å²) in [6.45, 7) is 6.37. The van der Waals surface area contributed by atoms with Gasteiger partial charge >= 0.3 is 6.09 Å². The maximum Gasteiger partial charge on any atom is 0.407 e. The number of amides is 1. The van der Waals surface area contributed by atoms with Crippen LogP contribution in [-0.2, 0) is 11.8 Å². The van der Waals surface area contributed by atoms with E-state index in [0.29, 0.717) is 12.5 Å². The normalized spacial score (nSPS) is 14.1. The van der Waals surface area contributed by atoms with Crippen molar-refractivity contribution in [2.24, 2.45) is 13.0 Å². The Kier molecular flexibility index (Phi) is 5.00. The molecule has 0 aliphatic carbocycles. The number of nitrogens with one attached hydrogen (secondary N) is 1. The summed E-state index contributed by atoms with van der Waals surface area (Å²) in [5, 5.41) is 2.89. The van der Waals surface area contributed by atoms with Gasteiger partial charge in [-0.25, -0.2) is 9.78 Å². The van der Waals surface area contributed by atoms with E-state index in [-0.39, 0.29) is 12.1 Å². The molecule has 0 aliphatic rings. The summed E-state index contributed by atoms with van der Waals surface area (Å²) in [5.41, 5.74) is 0.993. The number of hydrogen-bond acceptors (Lipinski definition) is 3. The Morgan fingerprint density at radius 2 is 2.29 bits per heavy atom. The van der Waals surface area contributed by atoms with Crippen molar-refractivity contribution in [2.45, 2.75) is 33.2 Å². The molecule has 2 atom stereocenters. The number of aromatic nitrogens is 2. The Hall–Kier alpha value is -1.52. The number of nitrogens with zero attached hydrogens (tertiary/aromatic N) is 2. The van der Waals surface area contributed by atoms with Gasteiger partial charge in [0.25, 0.3) is 0 Å². The second-order valence-corrected chi connectivity index (χ2v) is 4.16. The van der Waals surface area contributed by atoms with Crippen LogP contribution in [0.25, 0.3) is 0 Å². The average Bonchev–Trinajstić information content (AvgIpc) is 2.71. The van der Waals surface area contributed by atoms with E-state index in [2.05, 4.69) is 24.1 Å². The Balaban J connectivity index is 2.82. The van der Waals surface area contributed by atoms with Gasteiger partial charge in [0.2, 0.25) is 0 Å². The SMILES string of the molecule is CCOC(=O)NC(c1cncn1C)C(C)CC. The number of alkyl carbamates (subject to hydrolysis) is 1. The predicted molar refractivity (Wildman–Crippen MR) is 65.6 cm³/mol. The maximum absolute atomic E-state index is 11.5. The Morgan fingerprint density at radius 3 is 2.76 bits per heavy atom. The molecule has 5 nitrogen and oxygen atoms in total. The van der Waals surface area contributed by atoms with Crippen LogP contribution in [0.3, 0.4) is 0 Å². The summed E-state index contributed by atoms with van der Waals surface area (Å²) in [7, 11) is 1.92. The molecule has 2 unspecified atom stereocenters. The molecule has 1 rings (SSSR count). The van der Waals surface area contributed by atoms with Crippen molar-refractivity contribution in [3.63, 3.8) is 0 Å². The van der Waals surface area contributed by atoms with Crippen molar-refractivity contribution in [3.8, 4) is 0 Å². The van der Waals surface area contributed by atoms with Crippen LogP contribution in [0.15, 0.2) is 12.5 Å². The molecule has 1 aromatic heterocycles. The molecule has 1 amide bonds. The highest BCUT2D eigenvalue weighted by Gasteiger charge is 2.23. The second-order valence-electron chi connectivity index (χ2n) is 4.16. The average molecular weight is 239 g/mol. The topological polar surface area (TPSA) is 56.1 Å². The van der Waals surface area contributed by atoms with Gasteiger partial charge in [0.15, 0.2) is 0 Å². The molecule has 0 spiro atoms. The van der Waals surface area contributed by atoms with E-state index in [1.807, 2.05) is 11.6 Å². The lowest BCUT2D eigenvalue weighted by molar-refractivity contribution is 0.143. The number of imidazole rings is 1. The first-order valence-corrected chi connectivity index (χ1v) is 5.99. The van der Waals surface area contributed by atoms with Crippen molar-refractivity contribution in [1.29, 1.82) is 0 Å². The monoisotopic (exact) mass is 239 g/mol. The van der Waals surface area contributed by atoms with E-state index < -0.39 is 0 Å². The first-order chi connectivity index (χ1) is 8.10.